The van der Waals surface area contributed by atoms with Crippen molar-refractivity contribution in [3.8, 4) is 11.1 Å². The number of fused-ring (bicyclic) bond motifs is 1. The SMILES string of the molecule is Cc1cc(C)c(CNC(=O)c2cc(-c3ccc(NC(C)C)nc3)cc3c2CCCN3C2CCOCC2)c(=O)[nH]1. The van der Waals surface area contributed by atoms with Crippen LogP contribution in [0.1, 0.15) is 65.9 Å². The summed E-state index contributed by atoms with van der Waals surface area (Å²) in [6, 6.07) is 10.9. The molecule has 3 N–H and O–H groups in total. The van der Waals surface area contributed by atoms with Gasteiger partial charge in [-0.25, -0.2) is 4.98 Å². The number of carbonyl (C=O) groups excluding carboxylic acids is 1. The number of hydrogen-bond acceptors (Lipinski definition) is 6. The molecular formula is C31H39N5O3. The van der Waals surface area contributed by atoms with Gasteiger partial charge >= 0.3 is 0 Å². The molecule has 3 aromatic rings. The Morgan fingerprint density at radius 3 is 2.64 bits per heavy atom. The minimum absolute atomic E-state index is 0.157. The fourth-order valence-electron chi connectivity index (χ4n) is 5.78. The maximum absolute atomic E-state index is 13.7. The van der Waals surface area contributed by atoms with Crippen LogP contribution in [-0.4, -0.2) is 47.7 Å². The van der Waals surface area contributed by atoms with Crippen molar-refractivity contribution in [1.82, 2.24) is 15.3 Å². The van der Waals surface area contributed by atoms with E-state index in [9.17, 15) is 9.59 Å². The highest BCUT2D eigenvalue weighted by Crippen LogP contribution is 2.37. The normalized spacial score (nSPS) is 15.8. The fourth-order valence-corrected chi connectivity index (χ4v) is 5.78. The highest BCUT2D eigenvalue weighted by molar-refractivity contribution is 5.99. The maximum Gasteiger partial charge on any atom is 0.253 e. The third-order valence-electron chi connectivity index (χ3n) is 7.69. The first-order valence-corrected chi connectivity index (χ1v) is 14.0. The molecule has 8 heteroatoms. The average molecular weight is 530 g/mol. The molecule has 39 heavy (non-hydrogen) atoms. The van der Waals surface area contributed by atoms with E-state index in [0.717, 1.165) is 84.9 Å². The van der Waals surface area contributed by atoms with Crippen molar-refractivity contribution >= 4 is 17.4 Å². The fraction of sp³-hybridized carbons (Fsp3) is 0.452. The van der Waals surface area contributed by atoms with Crippen LogP contribution >= 0.6 is 0 Å². The van der Waals surface area contributed by atoms with Gasteiger partial charge in [-0.3, -0.25) is 9.59 Å². The number of anilines is 2. The zero-order valence-electron chi connectivity index (χ0n) is 23.4. The van der Waals surface area contributed by atoms with E-state index in [4.69, 9.17) is 4.74 Å². The third kappa shape index (κ3) is 6.01. The van der Waals surface area contributed by atoms with E-state index >= 15 is 0 Å². The maximum atomic E-state index is 13.7. The molecule has 0 saturated carbocycles. The number of pyridine rings is 2. The second kappa shape index (κ2) is 11.6. The van der Waals surface area contributed by atoms with Gasteiger partial charge in [0, 0.05) is 72.7 Å². The number of nitrogens with zero attached hydrogens (tertiary/aromatic N) is 2. The summed E-state index contributed by atoms with van der Waals surface area (Å²) in [7, 11) is 0. The summed E-state index contributed by atoms with van der Waals surface area (Å²) in [4.78, 5) is 36.2. The number of carbonyl (C=O) groups is 1. The Kier molecular flexibility index (Phi) is 8.02. The summed E-state index contributed by atoms with van der Waals surface area (Å²) in [6.45, 7) is 10.6. The highest BCUT2D eigenvalue weighted by Gasteiger charge is 2.29. The molecule has 2 aliphatic heterocycles. The summed E-state index contributed by atoms with van der Waals surface area (Å²) >= 11 is 0. The van der Waals surface area contributed by atoms with E-state index in [0.29, 0.717) is 23.2 Å². The number of hydrogen-bond donors (Lipinski definition) is 3. The van der Waals surface area contributed by atoms with Crippen LogP contribution in [0.5, 0.6) is 0 Å². The molecule has 0 aliphatic carbocycles. The smallest absolute Gasteiger partial charge is 0.253 e. The molecule has 206 valence electrons. The van der Waals surface area contributed by atoms with Gasteiger partial charge in [-0.1, -0.05) is 0 Å². The van der Waals surface area contributed by atoms with Crippen LogP contribution < -0.4 is 21.1 Å². The molecule has 2 aromatic heterocycles. The van der Waals surface area contributed by atoms with Gasteiger partial charge in [-0.2, -0.15) is 0 Å². The molecule has 1 saturated heterocycles. The number of ether oxygens (including phenoxy) is 1. The summed E-state index contributed by atoms with van der Waals surface area (Å²) in [6.07, 6.45) is 5.68. The zero-order chi connectivity index (χ0) is 27.5. The van der Waals surface area contributed by atoms with Crippen molar-refractivity contribution < 1.29 is 9.53 Å². The number of nitrogens with one attached hydrogen (secondary N) is 3. The van der Waals surface area contributed by atoms with Crippen molar-refractivity contribution in [3.63, 3.8) is 0 Å². The lowest BCUT2D eigenvalue weighted by Crippen LogP contribution is -2.43. The molecule has 1 amide bonds. The van der Waals surface area contributed by atoms with Crippen LogP contribution in [0.2, 0.25) is 0 Å². The van der Waals surface area contributed by atoms with E-state index in [1.165, 1.54) is 0 Å². The quantitative estimate of drug-likeness (QED) is 0.409. The van der Waals surface area contributed by atoms with Crippen LogP contribution in [0.15, 0.2) is 41.3 Å². The van der Waals surface area contributed by atoms with E-state index in [1.807, 2.05) is 38.2 Å². The predicted octanol–water partition coefficient (Wildman–Crippen LogP) is 4.74. The lowest BCUT2D eigenvalue weighted by atomic mass is 9.90. The molecule has 0 spiro atoms. The molecule has 0 atom stereocenters. The standard InChI is InChI=1S/C31H39N5O3/c1-19(2)34-29-8-7-22(17-32-29)23-15-26(30(37)33-18-27-20(3)14-21(4)35-31(27)38)25-6-5-11-36(28(25)16-23)24-9-12-39-13-10-24/h7-8,14-17,19,24H,5-6,9-13,18H2,1-4H3,(H,32,34)(H,33,37)(H,35,38). The van der Waals surface area contributed by atoms with E-state index in [1.54, 1.807) is 0 Å². The second-order valence-electron chi connectivity index (χ2n) is 11.0. The van der Waals surface area contributed by atoms with Gasteiger partial charge in [0.25, 0.3) is 11.5 Å². The van der Waals surface area contributed by atoms with Gasteiger partial charge in [0.15, 0.2) is 0 Å². The summed E-state index contributed by atoms with van der Waals surface area (Å²) < 4.78 is 5.64. The highest BCUT2D eigenvalue weighted by atomic mass is 16.5. The van der Waals surface area contributed by atoms with Gasteiger partial charge in [0.05, 0.1) is 0 Å². The largest absolute Gasteiger partial charge is 0.381 e. The first-order chi connectivity index (χ1) is 18.8. The molecule has 4 heterocycles. The number of amides is 1. The Hall–Kier alpha value is -3.65. The number of aryl methyl sites for hydroxylation is 2. The molecule has 0 unspecified atom stereocenters. The number of benzene rings is 1. The molecule has 2 aliphatic rings. The Labute approximate surface area is 230 Å². The topological polar surface area (TPSA) is 99.3 Å². The lowest BCUT2D eigenvalue weighted by Gasteiger charge is -2.40. The minimum atomic E-state index is -0.160. The zero-order valence-corrected chi connectivity index (χ0v) is 23.4. The van der Waals surface area contributed by atoms with E-state index in [2.05, 4.69) is 51.5 Å². The van der Waals surface area contributed by atoms with Crippen molar-refractivity contribution in [2.24, 2.45) is 0 Å². The third-order valence-corrected chi connectivity index (χ3v) is 7.69. The minimum Gasteiger partial charge on any atom is -0.381 e. The molecule has 0 bridgehead atoms. The van der Waals surface area contributed by atoms with Gasteiger partial charge in [0.1, 0.15) is 5.82 Å². The lowest BCUT2D eigenvalue weighted by molar-refractivity contribution is 0.0840. The predicted molar refractivity (Wildman–Crippen MR) is 156 cm³/mol. The molecule has 1 fully saturated rings. The Balaban J connectivity index is 1.51. The van der Waals surface area contributed by atoms with Gasteiger partial charge < -0.3 is 25.3 Å². The number of aromatic amines is 1. The van der Waals surface area contributed by atoms with Crippen LogP contribution in [0.4, 0.5) is 11.5 Å². The van der Waals surface area contributed by atoms with Crippen molar-refractivity contribution in [3.05, 3.63) is 74.8 Å². The molecular weight excluding hydrogens is 490 g/mol. The molecule has 1 aromatic carbocycles. The monoisotopic (exact) mass is 529 g/mol. The number of H-pyrrole nitrogens is 1. The van der Waals surface area contributed by atoms with Crippen molar-refractivity contribution in [2.45, 2.75) is 72.0 Å². The van der Waals surface area contributed by atoms with E-state index in [-0.39, 0.29) is 18.0 Å². The van der Waals surface area contributed by atoms with Crippen molar-refractivity contribution in [1.29, 1.82) is 0 Å². The Bertz CT molecular complexity index is 1390. The van der Waals surface area contributed by atoms with Crippen LogP contribution in [0, 0.1) is 13.8 Å². The van der Waals surface area contributed by atoms with Gasteiger partial charge in [-0.15, -0.1) is 0 Å². The summed E-state index contributed by atoms with van der Waals surface area (Å²) in [5.41, 5.74) is 6.92. The van der Waals surface area contributed by atoms with Gasteiger partial charge in [0.2, 0.25) is 0 Å². The van der Waals surface area contributed by atoms with Crippen molar-refractivity contribution in [2.75, 3.05) is 30.0 Å². The molecule has 0 radical (unpaired) electrons. The first kappa shape index (κ1) is 26.9. The first-order valence-electron chi connectivity index (χ1n) is 14.0. The summed E-state index contributed by atoms with van der Waals surface area (Å²) in [5.74, 6) is 0.666. The second-order valence-corrected chi connectivity index (χ2v) is 11.0. The Morgan fingerprint density at radius 1 is 1.15 bits per heavy atom. The van der Waals surface area contributed by atoms with Crippen LogP contribution in [-0.2, 0) is 17.7 Å². The van der Waals surface area contributed by atoms with E-state index < -0.39 is 0 Å². The Morgan fingerprint density at radius 2 is 1.95 bits per heavy atom. The average Bonchev–Trinajstić information content (AvgIpc) is 2.92. The molecule has 5 rings (SSSR count). The molecule has 8 nitrogen and oxygen atoms in total. The van der Waals surface area contributed by atoms with Crippen LogP contribution in [0.3, 0.4) is 0 Å². The number of aromatic nitrogens is 2. The van der Waals surface area contributed by atoms with Crippen LogP contribution in [0.25, 0.3) is 11.1 Å². The summed E-state index contributed by atoms with van der Waals surface area (Å²) in [5, 5.41) is 6.38. The number of rotatable bonds is 7. The van der Waals surface area contributed by atoms with Gasteiger partial charge in [-0.05, 0) is 100 Å².